The minimum Gasteiger partial charge on any atom is -0.458 e. The molecule has 1 fully saturated rings. The third-order valence-corrected chi connectivity index (χ3v) is 5.76. The Morgan fingerprint density at radius 3 is 2.74 bits per heavy atom. The first-order chi connectivity index (χ1) is 14.8. The minimum absolute atomic E-state index is 0.253. The molecule has 31 heavy (non-hydrogen) atoms. The van der Waals surface area contributed by atoms with E-state index < -0.39 is 5.97 Å². The molecule has 0 saturated carbocycles. The fourth-order valence-electron chi connectivity index (χ4n) is 4.06. The fourth-order valence-corrected chi connectivity index (χ4v) is 4.23. The van der Waals surface area contributed by atoms with E-state index in [0.29, 0.717) is 41.0 Å². The molecule has 2 aromatic rings. The van der Waals surface area contributed by atoms with Crippen molar-refractivity contribution < 1.29 is 9.53 Å². The van der Waals surface area contributed by atoms with Crippen LogP contribution < -0.4 is 17.3 Å². The van der Waals surface area contributed by atoms with Gasteiger partial charge in [0.05, 0.1) is 11.8 Å². The average Bonchev–Trinajstić information content (AvgIpc) is 3.08. The summed E-state index contributed by atoms with van der Waals surface area (Å²) >= 11 is 6.20. The molecule has 0 aliphatic carbocycles. The van der Waals surface area contributed by atoms with Gasteiger partial charge in [0.25, 0.3) is 0 Å². The van der Waals surface area contributed by atoms with Gasteiger partial charge in [0.2, 0.25) is 0 Å². The number of carbonyl (C=O) groups excluding carboxylic acids is 1. The number of esters is 1. The summed E-state index contributed by atoms with van der Waals surface area (Å²) in [7, 11) is 0. The topological polar surface area (TPSA) is 127 Å². The summed E-state index contributed by atoms with van der Waals surface area (Å²) < 4.78 is 5.40. The molecule has 2 heterocycles. The van der Waals surface area contributed by atoms with E-state index in [1.807, 2.05) is 6.07 Å². The van der Waals surface area contributed by atoms with Gasteiger partial charge in [-0.05, 0) is 63.9 Å². The van der Waals surface area contributed by atoms with Crippen molar-refractivity contribution in [2.45, 2.75) is 32.8 Å². The summed E-state index contributed by atoms with van der Waals surface area (Å²) in [4.78, 5) is 18.2. The van der Waals surface area contributed by atoms with Crippen LogP contribution in [0.1, 0.15) is 42.7 Å². The van der Waals surface area contributed by atoms with Gasteiger partial charge in [0.15, 0.2) is 0 Å². The fraction of sp³-hybridized carbons (Fsp3) is 0.500. The Bertz CT molecular complexity index is 933. The van der Waals surface area contributed by atoms with Gasteiger partial charge in [0.1, 0.15) is 5.69 Å². The lowest BCUT2D eigenvalue weighted by Gasteiger charge is -2.33. The van der Waals surface area contributed by atoms with Gasteiger partial charge in [-0.3, -0.25) is 0 Å². The van der Waals surface area contributed by atoms with Crippen LogP contribution >= 0.6 is 11.6 Å². The zero-order valence-electron chi connectivity index (χ0n) is 18.2. The van der Waals surface area contributed by atoms with E-state index in [9.17, 15) is 4.79 Å². The maximum Gasteiger partial charge on any atom is 0.355 e. The standard InChI is InChI=1S/C22H33ClN6O2/c1-14(2)31-22(30)21-20(17-11-16(23)3-4-19(17)27-21)18(25)13-29(26)12-15-5-8-28(9-6-15)10-7-24/h3-4,11,13-15,27H,5-10,12,24-26H2,1-2H3/b18-13-. The highest BCUT2D eigenvalue weighted by molar-refractivity contribution is 6.31. The molecule has 3 rings (SSSR count). The zero-order valence-corrected chi connectivity index (χ0v) is 19.0. The van der Waals surface area contributed by atoms with Gasteiger partial charge in [-0.15, -0.1) is 0 Å². The van der Waals surface area contributed by atoms with E-state index in [-0.39, 0.29) is 6.10 Å². The van der Waals surface area contributed by atoms with Crippen LogP contribution in [0.15, 0.2) is 24.4 Å². The summed E-state index contributed by atoms with van der Waals surface area (Å²) in [6.07, 6.45) is 3.56. The largest absolute Gasteiger partial charge is 0.458 e. The summed E-state index contributed by atoms with van der Waals surface area (Å²) in [5.74, 6) is 6.29. The van der Waals surface area contributed by atoms with Crippen molar-refractivity contribution in [3.05, 3.63) is 40.7 Å². The molecule has 7 N–H and O–H groups in total. The van der Waals surface area contributed by atoms with Crippen LogP contribution in [-0.4, -0.2) is 59.7 Å². The smallest absolute Gasteiger partial charge is 0.355 e. The monoisotopic (exact) mass is 448 g/mol. The number of hydrogen-bond donors (Lipinski definition) is 4. The molecule has 1 aromatic carbocycles. The number of rotatable bonds is 8. The second-order valence-electron chi connectivity index (χ2n) is 8.37. The van der Waals surface area contributed by atoms with Crippen LogP contribution in [0.5, 0.6) is 0 Å². The Kier molecular flexibility index (Phi) is 7.83. The van der Waals surface area contributed by atoms with Gasteiger partial charge in [-0.25, -0.2) is 10.6 Å². The van der Waals surface area contributed by atoms with Crippen molar-refractivity contribution in [2.24, 2.45) is 23.2 Å². The lowest BCUT2D eigenvalue weighted by molar-refractivity contribution is 0.0371. The number of fused-ring (bicyclic) bond motifs is 1. The summed E-state index contributed by atoms with van der Waals surface area (Å²) in [5, 5.41) is 2.91. The average molecular weight is 449 g/mol. The maximum atomic E-state index is 12.7. The zero-order chi connectivity index (χ0) is 22.5. The molecule has 0 bridgehead atoms. The molecule has 1 aliphatic heterocycles. The molecule has 1 aromatic heterocycles. The number of H-pyrrole nitrogens is 1. The van der Waals surface area contributed by atoms with Gasteiger partial charge in [-0.1, -0.05) is 11.6 Å². The van der Waals surface area contributed by atoms with E-state index in [1.165, 1.54) is 0 Å². The summed E-state index contributed by atoms with van der Waals surface area (Å²) in [6, 6.07) is 5.35. The first kappa shape index (κ1) is 23.4. The Morgan fingerprint density at radius 1 is 1.39 bits per heavy atom. The van der Waals surface area contributed by atoms with Crippen LogP contribution in [0.2, 0.25) is 5.02 Å². The van der Waals surface area contributed by atoms with Crippen molar-refractivity contribution in [3.8, 4) is 0 Å². The normalized spacial score (nSPS) is 16.3. The number of halogens is 1. The lowest BCUT2D eigenvalue weighted by Crippen LogP contribution is -2.41. The Morgan fingerprint density at radius 2 is 2.10 bits per heavy atom. The van der Waals surface area contributed by atoms with E-state index >= 15 is 0 Å². The molecular formula is C22H33ClN6O2. The number of hydrogen-bond acceptors (Lipinski definition) is 7. The van der Waals surface area contributed by atoms with Crippen LogP contribution in [0.4, 0.5) is 0 Å². The third-order valence-electron chi connectivity index (χ3n) is 5.52. The third kappa shape index (κ3) is 5.92. The van der Waals surface area contributed by atoms with Crippen molar-refractivity contribution in [3.63, 3.8) is 0 Å². The van der Waals surface area contributed by atoms with Gasteiger partial charge in [-0.2, -0.15) is 0 Å². The highest BCUT2D eigenvalue weighted by Gasteiger charge is 2.23. The number of hydrazine groups is 1. The van der Waals surface area contributed by atoms with E-state index in [4.69, 9.17) is 33.6 Å². The predicted octanol–water partition coefficient (Wildman–Crippen LogP) is 2.49. The number of nitrogens with zero attached hydrogens (tertiary/aromatic N) is 2. The molecule has 0 atom stereocenters. The first-order valence-corrected chi connectivity index (χ1v) is 11.1. The quantitative estimate of drug-likeness (QED) is 0.277. The Hall–Kier alpha value is -2.26. The van der Waals surface area contributed by atoms with Gasteiger partial charge < -0.3 is 31.1 Å². The second kappa shape index (κ2) is 10.4. The van der Waals surface area contributed by atoms with Crippen LogP contribution in [0.25, 0.3) is 16.6 Å². The van der Waals surface area contributed by atoms with Crippen LogP contribution in [0, 0.1) is 5.92 Å². The molecule has 9 heteroatoms. The van der Waals surface area contributed by atoms with E-state index in [0.717, 1.165) is 43.4 Å². The number of benzene rings is 1. The molecule has 1 saturated heterocycles. The maximum absolute atomic E-state index is 12.7. The van der Waals surface area contributed by atoms with Crippen LogP contribution in [0.3, 0.4) is 0 Å². The van der Waals surface area contributed by atoms with Crippen molar-refractivity contribution >= 4 is 34.2 Å². The number of carbonyl (C=O) groups is 1. The highest BCUT2D eigenvalue weighted by Crippen LogP contribution is 2.30. The molecule has 0 radical (unpaired) electrons. The molecule has 0 amide bonds. The SMILES string of the molecule is CC(C)OC(=O)c1[nH]c2ccc(Cl)cc2c1/C(N)=C/N(N)CC1CCN(CCN)CC1. The van der Waals surface area contributed by atoms with Crippen molar-refractivity contribution in [2.75, 3.05) is 32.7 Å². The van der Waals surface area contributed by atoms with E-state index in [2.05, 4.69) is 9.88 Å². The van der Waals surface area contributed by atoms with Crippen molar-refractivity contribution in [1.82, 2.24) is 14.9 Å². The number of nitrogens with one attached hydrogen (secondary N) is 1. The lowest BCUT2D eigenvalue weighted by atomic mass is 9.96. The van der Waals surface area contributed by atoms with Crippen LogP contribution in [-0.2, 0) is 4.74 Å². The number of likely N-dealkylation sites (tertiary alicyclic amines) is 1. The molecule has 170 valence electrons. The first-order valence-electron chi connectivity index (χ1n) is 10.7. The number of aromatic amines is 1. The molecule has 8 nitrogen and oxygen atoms in total. The number of ether oxygens (including phenoxy) is 1. The van der Waals surface area contributed by atoms with Gasteiger partial charge >= 0.3 is 5.97 Å². The number of piperidine rings is 1. The second-order valence-corrected chi connectivity index (χ2v) is 8.81. The van der Waals surface area contributed by atoms with Gasteiger partial charge in [0, 0.05) is 47.3 Å². The molecule has 1 aliphatic rings. The Balaban J connectivity index is 1.81. The Labute approximate surface area is 188 Å². The molecule has 0 spiro atoms. The minimum atomic E-state index is -0.468. The predicted molar refractivity (Wildman–Crippen MR) is 125 cm³/mol. The van der Waals surface area contributed by atoms with E-state index in [1.54, 1.807) is 37.2 Å². The molecule has 0 unspecified atom stereocenters. The molecular weight excluding hydrogens is 416 g/mol. The summed E-state index contributed by atoms with van der Waals surface area (Å²) in [5.41, 5.74) is 14.1. The summed E-state index contributed by atoms with van der Waals surface area (Å²) in [6.45, 7) is 7.97. The van der Waals surface area contributed by atoms with Crippen molar-refractivity contribution in [1.29, 1.82) is 0 Å². The number of aromatic nitrogens is 1. The number of nitrogens with two attached hydrogens (primary N) is 3. The highest BCUT2D eigenvalue weighted by atomic mass is 35.5.